The van der Waals surface area contributed by atoms with Crippen molar-refractivity contribution in [1.82, 2.24) is 19.7 Å². The number of hydrogen-bond donors (Lipinski definition) is 3. The molecule has 0 saturated carbocycles. The number of carboxylic acids is 1. The average molecular weight is 574 g/mol. The summed E-state index contributed by atoms with van der Waals surface area (Å²) < 4.78 is 50.2. The van der Waals surface area contributed by atoms with Crippen molar-refractivity contribution in [2.45, 2.75) is 50.3 Å². The van der Waals surface area contributed by atoms with E-state index in [-0.39, 0.29) is 18.2 Å². The molecule has 0 amide bonds. The summed E-state index contributed by atoms with van der Waals surface area (Å²) in [4.78, 5) is 15.5. The minimum Gasteiger partial charge on any atom is -0.480 e. The molecule has 16 heteroatoms. The summed E-state index contributed by atoms with van der Waals surface area (Å²) in [5.74, 6) is -0.904. The van der Waals surface area contributed by atoms with E-state index in [1.54, 1.807) is 37.3 Å². The third-order valence-electron chi connectivity index (χ3n) is 6.35. The van der Waals surface area contributed by atoms with Crippen LogP contribution in [-0.2, 0) is 32.8 Å². The van der Waals surface area contributed by atoms with Crippen molar-refractivity contribution in [3.8, 4) is 11.8 Å². The van der Waals surface area contributed by atoms with Crippen molar-refractivity contribution in [3.05, 3.63) is 54.5 Å². The van der Waals surface area contributed by atoms with Crippen molar-refractivity contribution in [2.24, 2.45) is 0 Å². The largest absolute Gasteiger partial charge is 0.480 e. The third-order valence-corrected chi connectivity index (χ3v) is 7.98. The van der Waals surface area contributed by atoms with E-state index in [2.05, 4.69) is 21.2 Å². The number of aliphatic carboxylic acids is 1. The van der Waals surface area contributed by atoms with Gasteiger partial charge in [-0.1, -0.05) is 18.2 Å². The second-order valence-corrected chi connectivity index (χ2v) is 10.7. The Morgan fingerprint density at radius 1 is 1.32 bits per heavy atom. The lowest BCUT2D eigenvalue weighted by Gasteiger charge is -2.29. The van der Waals surface area contributed by atoms with Gasteiger partial charge in [-0.15, -0.1) is 0 Å². The van der Waals surface area contributed by atoms with Gasteiger partial charge in [0.2, 0.25) is 5.60 Å². The van der Waals surface area contributed by atoms with Gasteiger partial charge >= 0.3 is 13.7 Å². The van der Waals surface area contributed by atoms with Crippen LogP contribution in [0.4, 0.5) is 5.82 Å². The SMILES string of the molecule is CCOC1O[C@H]2[C@H](c3ccc4c(N)ncnn34)O[C@](C#N)(CO[P@@](=O)(N[C@@H](C)C(=O)O)Oc3ccccc3)[C@H]2O1. The Morgan fingerprint density at radius 3 is 2.80 bits per heavy atom. The monoisotopic (exact) mass is 574 g/mol. The second kappa shape index (κ2) is 11.1. The Bertz CT molecular complexity index is 1470. The number of nitrogen functional groups attached to an aromatic ring is 1. The van der Waals surface area contributed by atoms with Crippen LogP contribution in [0.25, 0.3) is 5.52 Å². The third kappa shape index (κ3) is 5.26. The van der Waals surface area contributed by atoms with Crippen LogP contribution in [0.15, 0.2) is 48.8 Å². The highest BCUT2D eigenvalue weighted by molar-refractivity contribution is 7.52. The smallest absolute Gasteiger partial charge is 0.459 e. The van der Waals surface area contributed by atoms with Crippen molar-refractivity contribution >= 4 is 25.1 Å². The van der Waals surface area contributed by atoms with Crippen LogP contribution in [0.5, 0.6) is 5.75 Å². The molecule has 5 rings (SSSR count). The molecule has 2 fully saturated rings. The van der Waals surface area contributed by atoms with E-state index >= 15 is 0 Å². The van der Waals surface area contributed by atoms with E-state index < -0.39 is 56.8 Å². The van der Waals surface area contributed by atoms with Crippen molar-refractivity contribution < 1.29 is 42.5 Å². The van der Waals surface area contributed by atoms with Crippen molar-refractivity contribution in [1.29, 1.82) is 5.26 Å². The van der Waals surface area contributed by atoms with Crippen LogP contribution in [0.1, 0.15) is 25.6 Å². The second-order valence-electron chi connectivity index (χ2n) is 9.01. The highest BCUT2D eigenvalue weighted by atomic mass is 31.2. The standard InChI is InChI=1S/C24H27N6O9P/c1-3-34-23-36-19-18(16-9-10-17-21(26)27-13-28-30(16)17)38-24(11-25,20(19)37-23)12-35-40(33,29-14(2)22(31)32)39-15-7-5-4-6-8-15/h4-10,13-14,18-20,23H,3,12H2,1-2H3,(H,29,33)(H,31,32)(H2,26,27,28)/t14-,18-,19-,20-,23?,24+,40-/m0/s1. The number of nitrogens with zero attached hydrogens (tertiary/aromatic N) is 4. The molecule has 15 nitrogen and oxygen atoms in total. The van der Waals surface area contributed by atoms with Crippen molar-refractivity contribution in [3.63, 3.8) is 0 Å². The number of ether oxygens (including phenoxy) is 4. The molecule has 212 valence electrons. The Hall–Kier alpha value is -3.61. The van der Waals surface area contributed by atoms with Gasteiger partial charge in [0.15, 0.2) is 5.82 Å². The molecule has 2 aliphatic rings. The highest BCUT2D eigenvalue weighted by Gasteiger charge is 2.64. The van der Waals surface area contributed by atoms with E-state index in [1.807, 2.05) is 0 Å². The van der Waals surface area contributed by atoms with Crippen LogP contribution < -0.4 is 15.3 Å². The zero-order valence-corrected chi connectivity index (χ0v) is 22.3. The van der Waals surface area contributed by atoms with Gasteiger partial charge in [0.25, 0.3) is 6.48 Å². The van der Waals surface area contributed by atoms with Crippen molar-refractivity contribution in [2.75, 3.05) is 18.9 Å². The van der Waals surface area contributed by atoms with E-state index in [0.29, 0.717) is 11.2 Å². The quantitative estimate of drug-likeness (QED) is 0.281. The number of carbonyl (C=O) groups is 1. The lowest BCUT2D eigenvalue weighted by molar-refractivity contribution is -0.268. The molecule has 2 aromatic heterocycles. The fraction of sp³-hybridized carbons (Fsp3) is 0.417. The summed E-state index contributed by atoms with van der Waals surface area (Å²) >= 11 is 0. The molecule has 2 saturated heterocycles. The maximum atomic E-state index is 13.8. The fourth-order valence-corrected chi connectivity index (χ4v) is 5.97. The number of fused-ring (bicyclic) bond motifs is 2. The Labute approximate surface area is 228 Å². The zero-order valence-electron chi connectivity index (χ0n) is 21.4. The summed E-state index contributed by atoms with van der Waals surface area (Å²) in [6, 6.07) is 12.2. The van der Waals surface area contributed by atoms with Gasteiger partial charge < -0.3 is 34.3 Å². The fourth-order valence-electron chi connectivity index (χ4n) is 4.45. The number of carboxylic acid groups (broad SMARTS) is 1. The molecule has 7 atom stereocenters. The van der Waals surface area contributed by atoms with Crippen LogP contribution in [0, 0.1) is 11.3 Å². The minimum atomic E-state index is -4.38. The molecule has 0 spiro atoms. The molecule has 1 aromatic carbocycles. The van der Waals surface area contributed by atoms with Gasteiger partial charge in [-0.05, 0) is 38.1 Å². The topological polar surface area (TPSA) is 202 Å². The Kier molecular flexibility index (Phi) is 7.76. The highest BCUT2D eigenvalue weighted by Crippen LogP contribution is 2.51. The molecule has 2 aliphatic heterocycles. The number of anilines is 1. The molecular formula is C24H27N6O9P. The molecule has 3 aromatic rings. The number of nitriles is 1. The molecular weight excluding hydrogens is 547 g/mol. The first kappa shape index (κ1) is 27.9. The van der Waals surface area contributed by atoms with E-state index in [0.717, 1.165) is 0 Å². The van der Waals surface area contributed by atoms with Gasteiger partial charge in [-0.25, -0.2) is 14.1 Å². The van der Waals surface area contributed by atoms with Crippen LogP contribution >= 0.6 is 7.75 Å². The first-order chi connectivity index (χ1) is 19.2. The number of aromatic nitrogens is 3. The van der Waals surface area contributed by atoms with E-state index in [4.69, 9.17) is 33.7 Å². The lowest BCUT2D eigenvalue weighted by atomic mass is 9.96. The van der Waals surface area contributed by atoms with Gasteiger partial charge in [-0.3, -0.25) is 9.32 Å². The van der Waals surface area contributed by atoms with Gasteiger partial charge in [0, 0.05) is 6.61 Å². The zero-order chi connectivity index (χ0) is 28.5. The first-order valence-electron chi connectivity index (χ1n) is 12.3. The van der Waals surface area contributed by atoms with Gasteiger partial charge in [-0.2, -0.15) is 15.4 Å². The number of rotatable bonds is 11. The molecule has 4 N–H and O–H groups in total. The molecule has 0 aliphatic carbocycles. The summed E-state index contributed by atoms with van der Waals surface area (Å²) in [6.45, 7) is 1.54. The summed E-state index contributed by atoms with van der Waals surface area (Å²) in [5.41, 5.74) is 5.09. The maximum Gasteiger partial charge on any atom is 0.459 e. The number of benzene rings is 1. The van der Waals surface area contributed by atoms with Gasteiger partial charge in [0.05, 0.1) is 5.69 Å². The van der Waals surface area contributed by atoms with Gasteiger partial charge in [0.1, 0.15) is 54.6 Å². The van der Waals surface area contributed by atoms with Crippen LogP contribution in [0.3, 0.4) is 0 Å². The molecule has 40 heavy (non-hydrogen) atoms. The summed E-state index contributed by atoms with van der Waals surface area (Å²) in [5, 5.41) is 26.4. The number of nitrogens with one attached hydrogen (secondary N) is 1. The average Bonchev–Trinajstić information content (AvgIpc) is 3.62. The van der Waals surface area contributed by atoms with Crippen LogP contribution in [0.2, 0.25) is 0 Å². The molecule has 1 unspecified atom stereocenters. The number of hydrogen-bond acceptors (Lipinski definition) is 12. The molecule has 4 heterocycles. The predicted octanol–water partition coefficient (Wildman–Crippen LogP) is 2.02. The lowest BCUT2D eigenvalue weighted by Crippen LogP contribution is -2.46. The van der Waals surface area contributed by atoms with E-state index in [9.17, 15) is 19.7 Å². The molecule has 0 bridgehead atoms. The Balaban J connectivity index is 1.47. The summed E-state index contributed by atoms with van der Waals surface area (Å²) in [7, 11) is -4.38. The van der Waals surface area contributed by atoms with E-state index in [1.165, 1.54) is 29.9 Å². The predicted molar refractivity (Wildman–Crippen MR) is 136 cm³/mol. The summed E-state index contributed by atoms with van der Waals surface area (Å²) in [6.07, 6.45) is -1.57. The van der Waals surface area contributed by atoms with Crippen LogP contribution in [-0.4, -0.2) is 69.2 Å². The molecule has 0 radical (unpaired) electrons. The minimum absolute atomic E-state index is 0.152. The normalized spacial score (nSPS) is 28.0. The number of para-hydroxylation sites is 1. The maximum absolute atomic E-state index is 13.8. The first-order valence-corrected chi connectivity index (χ1v) is 13.8. The Morgan fingerprint density at radius 2 is 2.10 bits per heavy atom. The number of nitrogens with two attached hydrogens (primary N) is 1.